The molecule has 0 spiro atoms. The van der Waals surface area contributed by atoms with Gasteiger partial charge in [0, 0.05) is 24.7 Å². The molecule has 1 aromatic rings. The molecule has 0 atom stereocenters. The van der Waals surface area contributed by atoms with E-state index >= 15 is 0 Å². The summed E-state index contributed by atoms with van der Waals surface area (Å²) in [5.41, 5.74) is 1.48. The van der Waals surface area contributed by atoms with Gasteiger partial charge in [-0.25, -0.2) is 0 Å². The summed E-state index contributed by atoms with van der Waals surface area (Å²) in [6.45, 7) is 3.51. The van der Waals surface area contributed by atoms with E-state index in [1.807, 2.05) is 0 Å². The van der Waals surface area contributed by atoms with Crippen molar-refractivity contribution in [3.05, 3.63) is 24.3 Å². The Bertz CT molecular complexity index is 385. The molecule has 0 fully saturated rings. The van der Waals surface area contributed by atoms with Crippen LogP contribution in [0.4, 0.5) is 11.4 Å². The van der Waals surface area contributed by atoms with Crippen molar-refractivity contribution in [1.82, 2.24) is 0 Å². The van der Waals surface area contributed by atoms with Gasteiger partial charge in [-0.05, 0) is 30.7 Å². The first-order valence-corrected chi connectivity index (χ1v) is 5.79. The first-order chi connectivity index (χ1) is 8.11. The fourth-order valence-electron chi connectivity index (χ4n) is 1.40. The molecule has 1 aromatic carbocycles. The van der Waals surface area contributed by atoms with Crippen LogP contribution in [0.15, 0.2) is 24.3 Å². The van der Waals surface area contributed by atoms with Crippen LogP contribution in [0.2, 0.25) is 0 Å². The van der Waals surface area contributed by atoms with Crippen LogP contribution in [0.5, 0.6) is 0 Å². The van der Waals surface area contributed by atoms with E-state index in [0.29, 0.717) is 6.42 Å². The molecule has 0 bridgehead atoms. The highest BCUT2D eigenvalue weighted by atomic mass is 16.2. The second kappa shape index (κ2) is 6.68. The van der Waals surface area contributed by atoms with Gasteiger partial charge in [-0.1, -0.05) is 13.3 Å². The zero-order chi connectivity index (χ0) is 12.7. The van der Waals surface area contributed by atoms with E-state index < -0.39 is 0 Å². The van der Waals surface area contributed by atoms with Crippen LogP contribution in [0.1, 0.15) is 33.1 Å². The maximum Gasteiger partial charge on any atom is 0.224 e. The van der Waals surface area contributed by atoms with Gasteiger partial charge in [0.25, 0.3) is 0 Å². The maximum absolute atomic E-state index is 11.5. The van der Waals surface area contributed by atoms with Crippen LogP contribution in [-0.2, 0) is 9.59 Å². The normalized spacial score (nSPS) is 9.76. The third kappa shape index (κ3) is 5.15. The molecule has 0 unspecified atom stereocenters. The number of benzene rings is 1. The Morgan fingerprint density at radius 2 is 1.59 bits per heavy atom. The van der Waals surface area contributed by atoms with Crippen LogP contribution < -0.4 is 10.6 Å². The lowest BCUT2D eigenvalue weighted by molar-refractivity contribution is -0.116. The Balaban J connectivity index is 2.50. The van der Waals surface area contributed by atoms with Gasteiger partial charge < -0.3 is 10.6 Å². The van der Waals surface area contributed by atoms with Crippen molar-refractivity contribution in [3.63, 3.8) is 0 Å². The fourth-order valence-corrected chi connectivity index (χ4v) is 1.40. The second-order valence-electron chi connectivity index (χ2n) is 3.91. The molecule has 0 saturated heterocycles. The molecule has 2 N–H and O–H groups in total. The molecule has 0 aliphatic rings. The Hall–Kier alpha value is -1.84. The monoisotopic (exact) mass is 234 g/mol. The third-order valence-corrected chi connectivity index (χ3v) is 2.25. The Kier molecular flexibility index (Phi) is 5.20. The highest BCUT2D eigenvalue weighted by Crippen LogP contribution is 2.13. The zero-order valence-electron chi connectivity index (χ0n) is 10.2. The first kappa shape index (κ1) is 13.2. The van der Waals surface area contributed by atoms with Crippen molar-refractivity contribution in [2.45, 2.75) is 33.1 Å². The Morgan fingerprint density at radius 3 is 2.06 bits per heavy atom. The van der Waals surface area contributed by atoms with Crippen LogP contribution in [0.25, 0.3) is 0 Å². The number of hydrogen-bond donors (Lipinski definition) is 2. The third-order valence-electron chi connectivity index (χ3n) is 2.25. The Labute approximate surface area is 101 Å². The standard InChI is InChI=1S/C13H18N2O2/c1-3-4-5-13(17)15-12-8-6-11(7-9-12)14-10(2)16/h6-9H,3-5H2,1-2H3,(H,14,16)(H,15,17). The molecule has 0 aliphatic heterocycles. The fraction of sp³-hybridized carbons (Fsp3) is 0.385. The number of carbonyl (C=O) groups excluding carboxylic acids is 2. The van der Waals surface area contributed by atoms with E-state index in [9.17, 15) is 9.59 Å². The SMILES string of the molecule is CCCCC(=O)Nc1ccc(NC(C)=O)cc1. The minimum Gasteiger partial charge on any atom is -0.326 e. The molecule has 4 nitrogen and oxygen atoms in total. The molecule has 2 amide bonds. The van der Waals surface area contributed by atoms with E-state index in [4.69, 9.17) is 0 Å². The van der Waals surface area contributed by atoms with Crippen molar-refractivity contribution in [2.75, 3.05) is 10.6 Å². The van der Waals surface area contributed by atoms with Crippen LogP contribution in [-0.4, -0.2) is 11.8 Å². The van der Waals surface area contributed by atoms with E-state index in [0.717, 1.165) is 24.2 Å². The van der Waals surface area contributed by atoms with Gasteiger partial charge in [-0.3, -0.25) is 9.59 Å². The van der Waals surface area contributed by atoms with Gasteiger partial charge in [0.05, 0.1) is 0 Å². The van der Waals surface area contributed by atoms with Gasteiger partial charge in [-0.15, -0.1) is 0 Å². The topological polar surface area (TPSA) is 58.2 Å². The van der Waals surface area contributed by atoms with Crippen molar-refractivity contribution >= 4 is 23.2 Å². The molecule has 0 heterocycles. The quantitative estimate of drug-likeness (QED) is 0.823. The van der Waals surface area contributed by atoms with Crippen molar-refractivity contribution in [2.24, 2.45) is 0 Å². The van der Waals surface area contributed by atoms with Crippen LogP contribution in [0, 0.1) is 0 Å². The number of nitrogens with one attached hydrogen (secondary N) is 2. The van der Waals surface area contributed by atoms with E-state index in [1.54, 1.807) is 24.3 Å². The summed E-state index contributed by atoms with van der Waals surface area (Å²) in [6, 6.07) is 7.07. The van der Waals surface area contributed by atoms with E-state index in [1.165, 1.54) is 6.92 Å². The number of amides is 2. The van der Waals surface area contributed by atoms with Crippen LogP contribution >= 0.6 is 0 Å². The summed E-state index contributed by atoms with van der Waals surface area (Å²) in [6.07, 6.45) is 2.45. The summed E-state index contributed by atoms with van der Waals surface area (Å²) < 4.78 is 0. The summed E-state index contributed by atoms with van der Waals surface area (Å²) in [5, 5.41) is 5.47. The lowest BCUT2D eigenvalue weighted by Crippen LogP contribution is -2.11. The van der Waals surface area contributed by atoms with Gasteiger partial charge in [0.1, 0.15) is 0 Å². The summed E-state index contributed by atoms with van der Waals surface area (Å²) >= 11 is 0. The van der Waals surface area contributed by atoms with Crippen molar-refractivity contribution in [1.29, 1.82) is 0 Å². The molecule has 4 heteroatoms. The maximum atomic E-state index is 11.5. The number of hydrogen-bond acceptors (Lipinski definition) is 2. The largest absolute Gasteiger partial charge is 0.326 e. The zero-order valence-corrected chi connectivity index (χ0v) is 10.2. The molecule has 17 heavy (non-hydrogen) atoms. The highest BCUT2D eigenvalue weighted by molar-refractivity contribution is 5.92. The summed E-state index contributed by atoms with van der Waals surface area (Å²) in [4.78, 5) is 22.3. The average molecular weight is 234 g/mol. The van der Waals surface area contributed by atoms with Crippen molar-refractivity contribution in [3.8, 4) is 0 Å². The molecule has 1 rings (SSSR count). The van der Waals surface area contributed by atoms with Crippen molar-refractivity contribution < 1.29 is 9.59 Å². The predicted molar refractivity (Wildman–Crippen MR) is 68.9 cm³/mol. The average Bonchev–Trinajstić information content (AvgIpc) is 2.28. The number of unbranched alkanes of at least 4 members (excludes halogenated alkanes) is 1. The molecule has 0 radical (unpaired) electrons. The van der Waals surface area contributed by atoms with Crippen LogP contribution in [0.3, 0.4) is 0 Å². The van der Waals surface area contributed by atoms with Gasteiger partial charge in [0.15, 0.2) is 0 Å². The van der Waals surface area contributed by atoms with Gasteiger partial charge in [0.2, 0.25) is 11.8 Å². The Morgan fingerprint density at radius 1 is 1.06 bits per heavy atom. The smallest absolute Gasteiger partial charge is 0.224 e. The first-order valence-electron chi connectivity index (χ1n) is 5.79. The molecule has 0 aliphatic carbocycles. The minimum atomic E-state index is -0.107. The minimum absolute atomic E-state index is 0.0270. The molecular formula is C13H18N2O2. The molecule has 92 valence electrons. The summed E-state index contributed by atoms with van der Waals surface area (Å²) in [7, 11) is 0. The van der Waals surface area contributed by atoms with E-state index in [-0.39, 0.29) is 11.8 Å². The number of rotatable bonds is 5. The van der Waals surface area contributed by atoms with E-state index in [2.05, 4.69) is 17.6 Å². The molecule has 0 saturated carbocycles. The number of carbonyl (C=O) groups is 2. The number of anilines is 2. The lowest BCUT2D eigenvalue weighted by Gasteiger charge is -2.06. The molecular weight excluding hydrogens is 216 g/mol. The second-order valence-corrected chi connectivity index (χ2v) is 3.91. The predicted octanol–water partition coefficient (Wildman–Crippen LogP) is 2.77. The molecule has 0 aromatic heterocycles. The van der Waals surface area contributed by atoms with Gasteiger partial charge >= 0.3 is 0 Å². The summed E-state index contributed by atoms with van der Waals surface area (Å²) in [5.74, 6) is -0.0798. The van der Waals surface area contributed by atoms with Gasteiger partial charge in [-0.2, -0.15) is 0 Å². The lowest BCUT2D eigenvalue weighted by atomic mass is 10.2. The highest BCUT2D eigenvalue weighted by Gasteiger charge is 2.01.